The molecular weight excluding hydrogens is 463 g/mol. The zero-order valence-electron chi connectivity index (χ0n) is 17.4. The molecule has 0 N–H and O–H groups in total. The Labute approximate surface area is 199 Å². The average molecular weight is 481 g/mol. The first-order chi connectivity index (χ1) is 16.0. The summed E-state index contributed by atoms with van der Waals surface area (Å²) >= 11 is 13.2. The van der Waals surface area contributed by atoms with Crippen molar-refractivity contribution < 1.29 is 19.1 Å². The molecule has 2 aromatic carbocycles. The monoisotopic (exact) mass is 480 g/mol. The Morgan fingerprint density at radius 2 is 1.70 bits per heavy atom. The molecule has 2 heterocycles. The summed E-state index contributed by atoms with van der Waals surface area (Å²) in [6.45, 7) is 0. The Morgan fingerprint density at radius 3 is 2.45 bits per heavy atom. The lowest BCUT2D eigenvalue weighted by Gasteiger charge is -2.16. The van der Waals surface area contributed by atoms with Gasteiger partial charge in [-0.05, 0) is 37.1 Å². The molecule has 0 saturated heterocycles. The highest BCUT2D eigenvalue weighted by Gasteiger charge is 2.29. The van der Waals surface area contributed by atoms with E-state index in [9.17, 15) is 9.59 Å². The molecule has 5 rings (SSSR count). The van der Waals surface area contributed by atoms with Crippen LogP contribution in [0.15, 0.2) is 54.7 Å². The zero-order chi connectivity index (χ0) is 22.9. The van der Waals surface area contributed by atoms with Crippen LogP contribution in [0, 0.1) is 5.92 Å². The Morgan fingerprint density at radius 1 is 0.939 bits per heavy atom. The molecule has 0 unspecified atom stereocenters. The van der Waals surface area contributed by atoms with E-state index in [1.165, 1.54) is 0 Å². The molecule has 2 aromatic heterocycles. The van der Waals surface area contributed by atoms with Gasteiger partial charge in [-0.1, -0.05) is 60.3 Å². The lowest BCUT2D eigenvalue weighted by atomic mass is 10.1. The number of pyridine rings is 2. The van der Waals surface area contributed by atoms with E-state index in [2.05, 4.69) is 9.97 Å². The van der Waals surface area contributed by atoms with Crippen molar-refractivity contribution in [1.29, 1.82) is 0 Å². The third-order valence-corrected chi connectivity index (χ3v) is 6.40. The summed E-state index contributed by atoms with van der Waals surface area (Å²) in [5.74, 6) is -1.65. The Hall–Kier alpha value is -3.22. The van der Waals surface area contributed by atoms with Crippen LogP contribution in [-0.4, -0.2) is 21.9 Å². The maximum absolute atomic E-state index is 12.8. The van der Waals surface area contributed by atoms with Crippen LogP contribution in [0.4, 0.5) is 0 Å². The number of hydrogen-bond acceptors (Lipinski definition) is 6. The molecule has 0 amide bonds. The van der Waals surface area contributed by atoms with Crippen molar-refractivity contribution in [3.05, 3.63) is 70.3 Å². The van der Waals surface area contributed by atoms with Gasteiger partial charge in [0.2, 0.25) is 5.75 Å². The van der Waals surface area contributed by atoms with Crippen LogP contribution >= 0.6 is 23.2 Å². The molecule has 4 aromatic rings. The van der Waals surface area contributed by atoms with Gasteiger partial charge in [-0.25, -0.2) is 9.78 Å². The number of aromatic nitrogens is 2. The second-order valence-corrected chi connectivity index (χ2v) is 8.66. The lowest BCUT2D eigenvalue weighted by molar-refractivity contribution is -0.138. The molecule has 1 saturated carbocycles. The average Bonchev–Trinajstić information content (AvgIpc) is 3.37. The largest absolute Gasteiger partial charge is 0.419 e. The maximum Gasteiger partial charge on any atom is 0.344 e. The number of hydrogen-bond donors (Lipinski definition) is 0. The van der Waals surface area contributed by atoms with E-state index < -0.39 is 11.9 Å². The molecule has 0 radical (unpaired) electrons. The third kappa shape index (κ3) is 4.12. The molecule has 6 nitrogen and oxygen atoms in total. The maximum atomic E-state index is 12.8. The molecule has 33 heavy (non-hydrogen) atoms. The summed E-state index contributed by atoms with van der Waals surface area (Å²) in [5, 5.41) is 1.48. The Kier molecular flexibility index (Phi) is 5.87. The molecule has 0 spiro atoms. The van der Waals surface area contributed by atoms with E-state index in [-0.39, 0.29) is 22.6 Å². The molecule has 8 heteroatoms. The number of halogens is 2. The van der Waals surface area contributed by atoms with E-state index >= 15 is 0 Å². The van der Waals surface area contributed by atoms with Gasteiger partial charge in [0.1, 0.15) is 10.5 Å². The lowest BCUT2D eigenvalue weighted by Crippen LogP contribution is -2.19. The van der Waals surface area contributed by atoms with Crippen molar-refractivity contribution in [2.24, 2.45) is 5.92 Å². The zero-order valence-corrected chi connectivity index (χ0v) is 18.9. The van der Waals surface area contributed by atoms with Crippen LogP contribution in [0.5, 0.6) is 11.6 Å². The van der Waals surface area contributed by atoms with Crippen LogP contribution in [0.25, 0.3) is 21.8 Å². The van der Waals surface area contributed by atoms with Gasteiger partial charge in [-0.3, -0.25) is 9.78 Å². The highest BCUT2D eigenvalue weighted by molar-refractivity contribution is 6.44. The fourth-order valence-electron chi connectivity index (χ4n) is 4.07. The first-order valence-electron chi connectivity index (χ1n) is 10.6. The first kappa shape index (κ1) is 21.6. The number of fused-ring (bicyclic) bond motifs is 3. The highest BCUT2D eigenvalue weighted by Crippen LogP contribution is 2.44. The van der Waals surface area contributed by atoms with Gasteiger partial charge in [0.15, 0.2) is 0 Å². The number of nitrogens with zero attached hydrogens (tertiary/aromatic N) is 2. The van der Waals surface area contributed by atoms with Gasteiger partial charge in [0, 0.05) is 17.0 Å². The Bertz CT molecular complexity index is 1390. The van der Waals surface area contributed by atoms with Crippen LogP contribution in [0.3, 0.4) is 0 Å². The summed E-state index contributed by atoms with van der Waals surface area (Å²) in [4.78, 5) is 34.5. The molecule has 166 valence electrons. The van der Waals surface area contributed by atoms with Gasteiger partial charge in [0.05, 0.1) is 22.0 Å². The minimum absolute atomic E-state index is 0.0414. The minimum Gasteiger partial charge on any atom is -0.419 e. The van der Waals surface area contributed by atoms with Gasteiger partial charge in [-0.15, -0.1) is 0 Å². The topological polar surface area (TPSA) is 78.4 Å². The standard InChI is InChI=1S/C25H18Cl2N2O4/c26-17-13-16-11-6-12-28-20(16)21-18(17)19(27)22(32-24(30)14-9-4-5-10-14)23(29-21)33-25(31)15-7-2-1-3-8-15/h1-3,6-8,11-14H,4-5,9-10H2. The summed E-state index contributed by atoms with van der Waals surface area (Å²) in [5.41, 5.74) is 1.20. The SMILES string of the molecule is O=C(Oc1nc2c(c(Cl)cc3cccnc32)c(Cl)c1OC(=O)C1CCCC1)c1ccccc1. The molecule has 0 aliphatic heterocycles. The Balaban J connectivity index is 1.67. The summed E-state index contributed by atoms with van der Waals surface area (Å²) < 4.78 is 11.3. The fraction of sp³-hybridized carbons (Fsp3) is 0.200. The van der Waals surface area contributed by atoms with Crippen molar-refractivity contribution in [2.45, 2.75) is 25.7 Å². The third-order valence-electron chi connectivity index (χ3n) is 5.74. The molecule has 0 bridgehead atoms. The van der Waals surface area contributed by atoms with Gasteiger partial charge < -0.3 is 9.47 Å². The van der Waals surface area contributed by atoms with Gasteiger partial charge in [-0.2, -0.15) is 0 Å². The van der Waals surface area contributed by atoms with Crippen LogP contribution in [0.1, 0.15) is 36.0 Å². The van der Waals surface area contributed by atoms with Crippen molar-refractivity contribution in [1.82, 2.24) is 9.97 Å². The van der Waals surface area contributed by atoms with E-state index in [1.807, 2.05) is 6.07 Å². The number of carbonyl (C=O) groups is 2. The highest BCUT2D eigenvalue weighted by atomic mass is 35.5. The van der Waals surface area contributed by atoms with Crippen molar-refractivity contribution in [3.8, 4) is 11.6 Å². The number of carbonyl (C=O) groups excluding carboxylic acids is 2. The summed E-state index contributed by atoms with van der Waals surface area (Å²) in [6, 6.07) is 13.8. The van der Waals surface area contributed by atoms with Gasteiger partial charge in [0.25, 0.3) is 5.88 Å². The summed E-state index contributed by atoms with van der Waals surface area (Å²) in [7, 11) is 0. The van der Waals surface area contributed by atoms with E-state index in [1.54, 1.807) is 48.7 Å². The van der Waals surface area contributed by atoms with Crippen LogP contribution in [0.2, 0.25) is 10.0 Å². The smallest absolute Gasteiger partial charge is 0.344 e. The van der Waals surface area contributed by atoms with Crippen molar-refractivity contribution in [3.63, 3.8) is 0 Å². The van der Waals surface area contributed by atoms with Crippen molar-refractivity contribution >= 4 is 56.9 Å². The molecule has 0 atom stereocenters. The number of benzene rings is 2. The second-order valence-electron chi connectivity index (χ2n) is 7.88. The van der Waals surface area contributed by atoms with Crippen LogP contribution in [-0.2, 0) is 4.79 Å². The van der Waals surface area contributed by atoms with E-state index in [4.69, 9.17) is 32.7 Å². The normalized spacial score (nSPS) is 14.0. The number of rotatable bonds is 4. The van der Waals surface area contributed by atoms with E-state index in [0.29, 0.717) is 27.0 Å². The predicted octanol–water partition coefficient (Wildman–Crippen LogP) is 6.40. The molecule has 1 aliphatic carbocycles. The number of ether oxygens (including phenoxy) is 2. The first-order valence-corrected chi connectivity index (χ1v) is 11.3. The molecule has 1 fully saturated rings. The second kappa shape index (κ2) is 8.96. The minimum atomic E-state index is -0.657. The molecule has 1 aliphatic rings. The number of esters is 2. The van der Waals surface area contributed by atoms with E-state index in [0.717, 1.165) is 31.1 Å². The van der Waals surface area contributed by atoms with Crippen molar-refractivity contribution in [2.75, 3.05) is 0 Å². The fourth-order valence-corrected chi connectivity index (χ4v) is 4.73. The summed E-state index contributed by atoms with van der Waals surface area (Å²) in [6.07, 6.45) is 5.03. The quantitative estimate of drug-likeness (QED) is 0.248. The molecular formula is C25H18Cl2N2O4. The van der Waals surface area contributed by atoms with Crippen LogP contribution < -0.4 is 9.47 Å². The van der Waals surface area contributed by atoms with Gasteiger partial charge >= 0.3 is 11.9 Å². The predicted molar refractivity (Wildman–Crippen MR) is 126 cm³/mol.